The zero-order chi connectivity index (χ0) is 11.9. The third-order valence-corrected chi connectivity index (χ3v) is 3.76. The van der Waals surface area contributed by atoms with E-state index in [1.807, 2.05) is 6.92 Å². The molecule has 1 aromatic heterocycles. The Balaban J connectivity index is 2.20. The summed E-state index contributed by atoms with van der Waals surface area (Å²) in [6.07, 6.45) is 1.69. The number of aliphatic hydroxyl groups is 1. The maximum Gasteiger partial charge on any atom is 0.120 e. The summed E-state index contributed by atoms with van der Waals surface area (Å²) in [5.41, 5.74) is 4.46. The topological polar surface area (TPSA) is 45.2 Å². The molecule has 2 heterocycles. The van der Waals surface area contributed by atoms with Gasteiger partial charge in [0.2, 0.25) is 0 Å². The lowest BCUT2D eigenvalue weighted by Gasteiger charge is -2.18. The van der Waals surface area contributed by atoms with Crippen molar-refractivity contribution in [3.05, 3.63) is 22.5 Å². The average Bonchev–Trinajstić information content (AvgIpc) is 2.78. The molecule has 1 fully saturated rings. The van der Waals surface area contributed by atoms with Gasteiger partial charge in [0.05, 0.1) is 12.2 Å². The predicted octanol–water partition coefficient (Wildman–Crippen LogP) is 2.54. The minimum atomic E-state index is -0.516. The second kappa shape index (κ2) is 4.22. The van der Waals surface area contributed by atoms with Crippen LogP contribution in [0.3, 0.4) is 0 Å². The summed E-state index contributed by atoms with van der Waals surface area (Å²) in [7, 11) is 0. The number of hydrogen-bond acceptors (Lipinski definition) is 2. The molecule has 0 aromatic carbocycles. The Morgan fingerprint density at radius 3 is 2.38 bits per heavy atom. The van der Waals surface area contributed by atoms with E-state index in [4.69, 9.17) is 4.74 Å². The number of aromatic nitrogens is 1. The highest BCUT2D eigenvalue weighted by Gasteiger charge is 2.31. The fourth-order valence-electron chi connectivity index (χ4n) is 2.42. The maximum absolute atomic E-state index is 10.3. The Morgan fingerprint density at radius 2 is 1.94 bits per heavy atom. The summed E-state index contributed by atoms with van der Waals surface area (Å²) in [5, 5.41) is 10.3. The van der Waals surface area contributed by atoms with Crippen LogP contribution in [-0.4, -0.2) is 22.3 Å². The third kappa shape index (κ3) is 1.89. The van der Waals surface area contributed by atoms with Gasteiger partial charge in [-0.15, -0.1) is 0 Å². The van der Waals surface area contributed by atoms with Crippen molar-refractivity contribution in [3.8, 4) is 0 Å². The smallest absolute Gasteiger partial charge is 0.120 e. The summed E-state index contributed by atoms with van der Waals surface area (Å²) >= 11 is 0. The highest BCUT2D eigenvalue weighted by atomic mass is 16.5. The normalized spacial score (nSPS) is 27.3. The molecule has 0 radical (unpaired) electrons. The molecule has 2 N–H and O–H groups in total. The summed E-state index contributed by atoms with van der Waals surface area (Å²) < 4.78 is 5.71. The van der Waals surface area contributed by atoms with Crippen molar-refractivity contribution in [2.45, 2.75) is 58.8 Å². The first-order valence-electron chi connectivity index (χ1n) is 6.00. The molecule has 0 aliphatic carbocycles. The van der Waals surface area contributed by atoms with Crippen molar-refractivity contribution >= 4 is 0 Å². The summed E-state index contributed by atoms with van der Waals surface area (Å²) in [4.78, 5) is 3.27. The Morgan fingerprint density at radius 1 is 1.25 bits per heavy atom. The highest BCUT2D eigenvalue weighted by molar-refractivity contribution is 5.35. The standard InChI is InChI=1S/C13H21NO2/c1-7-5-6-11(16-7)13(15)12-9(3)8(2)10(4)14-12/h7,11,13-15H,5-6H2,1-4H3. The SMILES string of the molecule is Cc1[nH]c(C(O)C2CCC(C)O2)c(C)c1C. The number of aliphatic hydroxyl groups excluding tert-OH is 1. The van der Waals surface area contributed by atoms with Gasteiger partial charge in [0, 0.05) is 11.4 Å². The lowest BCUT2D eigenvalue weighted by molar-refractivity contribution is -0.0315. The van der Waals surface area contributed by atoms with Gasteiger partial charge >= 0.3 is 0 Å². The second-order valence-electron chi connectivity index (χ2n) is 4.92. The Kier molecular flexibility index (Phi) is 3.08. The zero-order valence-corrected chi connectivity index (χ0v) is 10.5. The third-order valence-electron chi connectivity index (χ3n) is 3.76. The van der Waals surface area contributed by atoms with Crippen LogP contribution in [0, 0.1) is 20.8 Å². The molecule has 16 heavy (non-hydrogen) atoms. The molecule has 3 unspecified atom stereocenters. The molecule has 0 bridgehead atoms. The van der Waals surface area contributed by atoms with Crippen LogP contribution in [0.25, 0.3) is 0 Å². The number of H-pyrrole nitrogens is 1. The van der Waals surface area contributed by atoms with Crippen LogP contribution in [-0.2, 0) is 4.74 Å². The Hall–Kier alpha value is -0.800. The fourth-order valence-corrected chi connectivity index (χ4v) is 2.42. The van der Waals surface area contributed by atoms with E-state index in [0.29, 0.717) is 0 Å². The van der Waals surface area contributed by atoms with Crippen LogP contribution in [0.4, 0.5) is 0 Å². The Labute approximate surface area is 96.8 Å². The maximum atomic E-state index is 10.3. The van der Waals surface area contributed by atoms with E-state index in [-0.39, 0.29) is 12.2 Å². The van der Waals surface area contributed by atoms with Gasteiger partial charge in [0.25, 0.3) is 0 Å². The lowest BCUT2D eigenvalue weighted by atomic mass is 10.0. The molecule has 1 aliphatic heterocycles. The molecule has 90 valence electrons. The monoisotopic (exact) mass is 223 g/mol. The molecule has 1 aromatic rings. The minimum Gasteiger partial charge on any atom is -0.384 e. The fraction of sp³-hybridized carbons (Fsp3) is 0.692. The number of aromatic amines is 1. The van der Waals surface area contributed by atoms with Gasteiger partial charge in [-0.3, -0.25) is 0 Å². The van der Waals surface area contributed by atoms with Crippen LogP contribution in [0.15, 0.2) is 0 Å². The molecule has 0 saturated carbocycles. The van der Waals surface area contributed by atoms with E-state index in [1.54, 1.807) is 0 Å². The molecule has 2 rings (SSSR count). The van der Waals surface area contributed by atoms with Crippen LogP contribution in [0.1, 0.15) is 48.4 Å². The zero-order valence-electron chi connectivity index (χ0n) is 10.5. The van der Waals surface area contributed by atoms with E-state index in [2.05, 4.69) is 25.8 Å². The van der Waals surface area contributed by atoms with Crippen LogP contribution < -0.4 is 0 Å². The van der Waals surface area contributed by atoms with Crippen molar-refractivity contribution in [3.63, 3.8) is 0 Å². The number of rotatable bonds is 2. The van der Waals surface area contributed by atoms with Gasteiger partial charge in [-0.25, -0.2) is 0 Å². The molecule has 3 heteroatoms. The molecule has 3 atom stereocenters. The van der Waals surface area contributed by atoms with Crippen LogP contribution in [0.5, 0.6) is 0 Å². The van der Waals surface area contributed by atoms with E-state index in [1.165, 1.54) is 5.56 Å². The molecule has 3 nitrogen and oxygen atoms in total. The van der Waals surface area contributed by atoms with Gasteiger partial charge in [0.1, 0.15) is 6.10 Å². The van der Waals surface area contributed by atoms with Gasteiger partial charge < -0.3 is 14.8 Å². The highest BCUT2D eigenvalue weighted by Crippen LogP contribution is 2.32. The first-order chi connectivity index (χ1) is 7.50. The minimum absolute atomic E-state index is 0.0499. The van der Waals surface area contributed by atoms with Crippen molar-refractivity contribution in [2.75, 3.05) is 0 Å². The van der Waals surface area contributed by atoms with Crippen molar-refractivity contribution < 1.29 is 9.84 Å². The first-order valence-corrected chi connectivity index (χ1v) is 6.00. The van der Waals surface area contributed by atoms with Gasteiger partial charge in [-0.2, -0.15) is 0 Å². The second-order valence-corrected chi connectivity index (χ2v) is 4.92. The number of ether oxygens (including phenoxy) is 1. The first kappa shape index (κ1) is 11.7. The molecule has 1 aliphatic rings. The van der Waals surface area contributed by atoms with Crippen molar-refractivity contribution in [1.82, 2.24) is 4.98 Å². The molecule has 0 amide bonds. The number of hydrogen-bond donors (Lipinski definition) is 2. The van der Waals surface area contributed by atoms with Crippen molar-refractivity contribution in [1.29, 1.82) is 0 Å². The van der Waals surface area contributed by atoms with E-state index < -0.39 is 6.10 Å². The summed E-state index contributed by atoms with van der Waals surface area (Å²) in [5.74, 6) is 0. The van der Waals surface area contributed by atoms with Gasteiger partial charge in [-0.1, -0.05) is 0 Å². The lowest BCUT2D eigenvalue weighted by Crippen LogP contribution is -2.19. The van der Waals surface area contributed by atoms with E-state index in [9.17, 15) is 5.11 Å². The average molecular weight is 223 g/mol. The van der Waals surface area contributed by atoms with Crippen LogP contribution in [0.2, 0.25) is 0 Å². The van der Waals surface area contributed by atoms with E-state index in [0.717, 1.165) is 29.8 Å². The number of nitrogens with one attached hydrogen (secondary N) is 1. The Bertz CT molecular complexity index is 384. The quantitative estimate of drug-likeness (QED) is 0.809. The summed E-state index contributed by atoms with van der Waals surface area (Å²) in [6, 6.07) is 0. The van der Waals surface area contributed by atoms with Gasteiger partial charge in [-0.05, 0) is 51.7 Å². The van der Waals surface area contributed by atoms with Crippen molar-refractivity contribution in [2.24, 2.45) is 0 Å². The van der Waals surface area contributed by atoms with Gasteiger partial charge in [0.15, 0.2) is 0 Å². The molecule has 1 saturated heterocycles. The number of aryl methyl sites for hydroxylation is 1. The molecular formula is C13H21NO2. The molecular weight excluding hydrogens is 202 g/mol. The van der Waals surface area contributed by atoms with Crippen LogP contribution >= 0.6 is 0 Å². The largest absolute Gasteiger partial charge is 0.384 e. The molecule has 0 spiro atoms. The predicted molar refractivity (Wildman–Crippen MR) is 63.5 cm³/mol. The van der Waals surface area contributed by atoms with E-state index >= 15 is 0 Å². The summed E-state index contributed by atoms with van der Waals surface area (Å²) in [6.45, 7) is 8.23.